The van der Waals surface area contributed by atoms with Gasteiger partial charge >= 0.3 is 5.97 Å². The molecule has 0 radical (unpaired) electrons. The van der Waals surface area contributed by atoms with Gasteiger partial charge in [-0.15, -0.1) is 0 Å². The molecule has 0 bridgehead atoms. The topological polar surface area (TPSA) is 59.5 Å². The van der Waals surface area contributed by atoms with Crippen molar-refractivity contribution in [1.29, 1.82) is 0 Å². The van der Waals surface area contributed by atoms with Gasteiger partial charge in [-0.25, -0.2) is 4.98 Å². The zero-order valence-corrected chi connectivity index (χ0v) is 14.7. The number of ether oxygens (including phenoxy) is 1. The molecular formula is C17H17ClN2O3S. The van der Waals surface area contributed by atoms with Gasteiger partial charge < -0.3 is 9.64 Å². The summed E-state index contributed by atoms with van der Waals surface area (Å²) in [6, 6.07) is 12.5. The largest absolute Gasteiger partial charge is 0.465 e. The number of carbonyl (C=O) groups is 2. The number of rotatable bonds is 7. The van der Waals surface area contributed by atoms with Crippen LogP contribution in [0.25, 0.3) is 0 Å². The predicted octanol–water partition coefficient (Wildman–Crippen LogP) is 3.42. The van der Waals surface area contributed by atoms with Gasteiger partial charge in [0.05, 0.1) is 17.4 Å². The molecule has 0 aliphatic carbocycles. The monoisotopic (exact) mass is 364 g/mol. The summed E-state index contributed by atoms with van der Waals surface area (Å²) in [6.07, 6.45) is 1.62. The minimum Gasteiger partial charge on any atom is -0.465 e. The van der Waals surface area contributed by atoms with E-state index in [0.29, 0.717) is 15.7 Å². The minimum atomic E-state index is -0.449. The summed E-state index contributed by atoms with van der Waals surface area (Å²) >= 11 is 7.28. The van der Waals surface area contributed by atoms with Crippen LogP contribution in [-0.4, -0.2) is 35.8 Å². The maximum absolute atomic E-state index is 12.6. The second kappa shape index (κ2) is 9.30. The van der Waals surface area contributed by atoms with Gasteiger partial charge in [-0.1, -0.05) is 41.6 Å². The number of carbonyl (C=O) groups excluding carboxylic acids is 2. The van der Waals surface area contributed by atoms with Crippen LogP contribution in [0.2, 0.25) is 5.02 Å². The Kier molecular flexibility index (Phi) is 7.08. The molecule has 0 aliphatic heterocycles. The van der Waals surface area contributed by atoms with E-state index in [-0.39, 0.29) is 24.8 Å². The lowest BCUT2D eigenvalue weighted by atomic mass is 10.3. The van der Waals surface area contributed by atoms with Crippen LogP contribution in [0.15, 0.2) is 53.7 Å². The van der Waals surface area contributed by atoms with Crippen LogP contribution in [0, 0.1) is 0 Å². The van der Waals surface area contributed by atoms with Gasteiger partial charge in [0.1, 0.15) is 11.6 Å². The van der Waals surface area contributed by atoms with E-state index in [4.69, 9.17) is 16.3 Å². The summed E-state index contributed by atoms with van der Waals surface area (Å²) in [5.41, 5.74) is 0.642. The molecule has 0 spiro atoms. The third kappa shape index (κ3) is 5.25. The van der Waals surface area contributed by atoms with Gasteiger partial charge in [0.25, 0.3) is 0 Å². The van der Waals surface area contributed by atoms with Gasteiger partial charge in [0.15, 0.2) is 0 Å². The van der Waals surface area contributed by atoms with Crippen molar-refractivity contribution < 1.29 is 14.3 Å². The molecule has 0 atom stereocenters. The van der Waals surface area contributed by atoms with E-state index in [0.717, 1.165) is 0 Å². The normalized spacial score (nSPS) is 10.2. The summed E-state index contributed by atoms with van der Waals surface area (Å²) in [4.78, 5) is 29.9. The highest BCUT2D eigenvalue weighted by Gasteiger charge is 2.20. The van der Waals surface area contributed by atoms with Crippen LogP contribution >= 0.6 is 23.4 Å². The van der Waals surface area contributed by atoms with Crippen molar-refractivity contribution in [2.75, 3.05) is 23.8 Å². The van der Waals surface area contributed by atoms with E-state index in [2.05, 4.69) is 4.98 Å². The molecule has 1 heterocycles. The lowest BCUT2D eigenvalue weighted by Crippen LogP contribution is -2.37. The number of pyridine rings is 1. The van der Waals surface area contributed by atoms with Crippen LogP contribution in [0.3, 0.4) is 0 Å². The third-order valence-electron chi connectivity index (χ3n) is 3.02. The molecule has 0 N–H and O–H groups in total. The van der Waals surface area contributed by atoms with Crippen molar-refractivity contribution in [3.05, 3.63) is 53.7 Å². The summed E-state index contributed by atoms with van der Waals surface area (Å²) in [5.74, 6) is -0.554. The first-order valence-corrected chi connectivity index (χ1v) is 8.72. The van der Waals surface area contributed by atoms with Crippen LogP contribution < -0.4 is 4.90 Å². The molecule has 7 heteroatoms. The lowest BCUT2D eigenvalue weighted by molar-refractivity contribution is -0.142. The first-order chi connectivity index (χ1) is 11.6. The number of aromatic nitrogens is 1. The smallest absolute Gasteiger partial charge is 0.326 e. The molecule has 2 aromatic rings. The van der Waals surface area contributed by atoms with Crippen molar-refractivity contribution in [2.45, 2.75) is 11.9 Å². The van der Waals surface area contributed by atoms with Gasteiger partial charge in [0, 0.05) is 11.9 Å². The molecule has 0 unspecified atom stereocenters. The zero-order chi connectivity index (χ0) is 17.4. The number of nitrogens with zero attached hydrogens (tertiary/aromatic N) is 2. The molecule has 5 nitrogen and oxygen atoms in total. The molecule has 0 saturated heterocycles. The highest BCUT2D eigenvalue weighted by Crippen LogP contribution is 2.25. The van der Waals surface area contributed by atoms with E-state index in [1.165, 1.54) is 16.7 Å². The van der Waals surface area contributed by atoms with E-state index >= 15 is 0 Å². The molecule has 1 aromatic heterocycles. The number of anilines is 1. The number of halogens is 1. The number of amides is 1. The maximum Gasteiger partial charge on any atom is 0.326 e. The van der Waals surface area contributed by atoms with Crippen LogP contribution in [0.5, 0.6) is 0 Å². The number of hydrogen-bond donors (Lipinski definition) is 0. The van der Waals surface area contributed by atoms with Crippen LogP contribution in [-0.2, 0) is 14.3 Å². The first kappa shape index (κ1) is 18.3. The quantitative estimate of drug-likeness (QED) is 0.556. The molecule has 0 saturated carbocycles. The molecule has 1 aromatic carbocycles. The summed E-state index contributed by atoms with van der Waals surface area (Å²) < 4.78 is 4.95. The third-order valence-corrected chi connectivity index (χ3v) is 4.43. The van der Waals surface area contributed by atoms with E-state index in [9.17, 15) is 9.59 Å². The van der Waals surface area contributed by atoms with Crippen molar-refractivity contribution in [3.8, 4) is 0 Å². The molecule has 1 amide bonds. The Balaban J connectivity index is 2.09. The van der Waals surface area contributed by atoms with Crippen LogP contribution in [0.1, 0.15) is 6.92 Å². The highest BCUT2D eigenvalue weighted by molar-refractivity contribution is 8.00. The fourth-order valence-electron chi connectivity index (χ4n) is 1.95. The Morgan fingerprint density at radius 3 is 2.62 bits per heavy atom. The standard InChI is InChI=1S/C17H17ClN2O3S/c1-2-23-16(22)11-20(13-7-4-3-5-8-13)15(21)12-24-17-14(18)9-6-10-19-17/h3-10H,2,11-12H2,1H3. The van der Waals surface area contributed by atoms with Gasteiger partial charge in [-0.3, -0.25) is 9.59 Å². The molecular weight excluding hydrogens is 348 g/mol. The number of hydrogen-bond acceptors (Lipinski definition) is 5. The Labute approximate surface area is 150 Å². The molecule has 0 fully saturated rings. The van der Waals surface area contributed by atoms with Crippen molar-refractivity contribution >= 4 is 40.9 Å². The lowest BCUT2D eigenvalue weighted by Gasteiger charge is -2.21. The van der Waals surface area contributed by atoms with E-state index in [1.807, 2.05) is 18.2 Å². The van der Waals surface area contributed by atoms with Crippen molar-refractivity contribution in [3.63, 3.8) is 0 Å². The Hall–Kier alpha value is -2.05. The first-order valence-electron chi connectivity index (χ1n) is 7.36. The predicted molar refractivity (Wildman–Crippen MR) is 95.4 cm³/mol. The molecule has 126 valence electrons. The van der Waals surface area contributed by atoms with Gasteiger partial charge in [-0.05, 0) is 31.2 Å². The second-order valence-corrected chi connectivity index (χ2v) is 6.07. The number of benzene rings is 1. The van der Waals surface area contributed by atoms with E-state index < -0.39 is 5.97 Å². The van der Waals surface area contributed by atoms with E-state index in [1.54, 1.807) is 37.4 Å². The summed E-state index contributed by atoms with van der Waals surface area (Å²) in [5, 5.41) is 1.07. The summed E-state index contributed by atoms with van der Waals surface area (Å²) in [7, 11) is 0. The van der Waals surface area contributed by atoms with Crippen LogP contribution in [0.4, 0.5) is 5.69 Å². The highest BCUT2D eigenvalue weighted by atomic mass is 35.5. The number of para-hydroxylation sites is 1. The Morgan fingerprint density at radius 2 is 1.96 bits per heavy atom. The summed E-state index contributed by atoms with van der Waals surface area (Å²) in [6.45, 7) is 1.87. The average Bonchev–Trinajstić information content (AvgIpc) is 2.60. The fraction of sp³-hybridized carbons (Fsp3) is 0.235. The van der Waals surface area contributed by atoms with Crippen molar-refractivity contribution in [1.82, 2.24) is 4.98 Å². The minimum absolute atomic E-state index is 0.116. The average molecular weight is 365 g/mol. The SMILES string of the molecule is CCOC(=O)CN(C(=O)CSc1ncccc1Cl)c1ccccc1. The van der Waals surface area contributed by atoms with Gasteiger partial charge in [-0.2, -0.15) is 0 Å². The Morgan fingerprint density at radius 1 is 1.21 bits per heavy atom. The van der Waals surface area contributed by atoms with Gasteiger partial charge in [0.2, 0.25) is 5.91 Å². The van der Waals surface area contributed by atoms with Crippen molar-refractivity contribution in [2.24, 2.45) is 0 Å². The molecule has 2 rings (SSSR count). The molecule has 0 aliphatic rings. The number of esters is 1. The molecule has 24 heavy (non-hydrogen) atoms. The fourth-order valence-corrected chi connectivity index (χ4v) is 3.00. The number of thioether (sulfide) groups is 1. The maximum atomic E-state index is 12.6. The second-order valence-electron chi connectivity index (χ2n) is 4.70. The Bertz CT molecular complexity index is 697. The zero-order valence-electron chi connectivity index (χ0n) is 13.1.